The van der Waals surface area contributed by atoms with Crippen LogP contribution in [0.4, 0.5) is 0 Å². The molecule has 0 atom stereocenters. The summed E-state index contributed by atoms with van der Waals surface area (Å²) in [6, 6.07) is 0. The van der Waals surface area contributed by atoms with Gasteiger partial charge in [0.1, 0.15) is 0 Å². The molecule has 0 unspecified atom stereocenters. The predicted octanol–water partition coefficient (Wildman–Crippen LogP) is -1.14. The summed E-state index contributed by atoms with van der Waals surface area (Å²) in [7, 11) is 0. The van der Waals surface area contributed by atoms with E-state index in [9.17, 15) is 9.59 Å². The molecule has 56 valence electrons. The Kier molecular flexibility index (Phi) is 2.89. The van der Waals surface area contributed by atoms with E-state index in [4.69, 9.17) is 10.2 Å². The lowest BCUT2D eigenvalue weighted by molar-refractivity contribution is -0.137. The second kappa shape index (κ2) is 3.44. The third-order valence-corrected chi connectivity index (χ3v) is 0.721. The zero-order chi connectivity index (χ0) is 8.15. The SMILES string of the molecule is NN=C(CC(=O)O)C(=O)O. The molecule has 6 heteroatoms. The lowest BCUT2D eigenvalue weighted by Crippen LogP contribution is -2.18. The number of hydrogen-bond donors (Lipinski definition) is 3. The van der Waals surface area contributed by atoms with Crippen molar-refractivity contribution in [2.45, 2.75) is 6.42 Å². The van der Waals surface area contributed by atoms with Crippen LogP contribution in [0.5, 0.6) is 0 Å². The molecule has 0 heterocycles. The summed E-state index contributed by atoms with van der Waals surface area (Å²) in [5.74, 6) is 1.88. The molecule has 0 rings (SSSR count). The molecule has 0 aliphatic rings. The van der Waals surface area contributed by atoms with Crippen LogP contribution in [-0.2, 0) is 9.59 Å². The molecule has 0 saturated heterocycles. The summed E-state index contributed by atoms with van der Waals surface area (Å²) in [5.41, 5.74) is -0.562. The number of hydrogen-bond acceptors (Lipinski definition) is 4. The van der Waals surface area contributed by atoms with Gasteiger partial charge in [-0.2, -0.15) is 5.10 Å². The van der Waals surface area contributed by atoms with E-state index in [-0.39, 0.29) is 0 Å². The number of carboxylic acid groups (broad SMARTS) is 2. The van der Waals surface area contributed by atoms with Crippen LogP contribution in [-0.4, -0.2) is 27.9 Å². The number of carboxylic acids is 2. The van der Waals surface area contributed by atoms with Gasteiger partial charge in [0.15, 0.2) is 5.71 Å². The summed E-state index contributed by atoms with van der Waals surface area (Å²) < 4.78 is 0. The van der Waals surface area contributed by atoms with Crippen LogP contribution < -0.4 is 5.84 Å². The minimum absolute atomic E-state index is 0.562. The maximum Gasteiger partial charge on any atom is 0.352 e. The topological polar surface area (TPSA) is 113 Å². The molecule has 0 amide bonds. The molecular formula is C4H6N2O4. The van der Waals surface area contributed by atoms with Crippen molar-refractivity contribution in [3.63, 3.8) is 0 Å². The van der Waals surface area contributed by atoms with Crippen LogP contribution in [0.2, 0.25) is 0 Å². The molecule has 6 nitrogen and oxygen atoms in total. The summed E-state index contributed by atoms with van der Waals surface area (Å²) in [6.07, 6.45) is -0.661. The number of nitrogens with zero attached hydrogens (tertiary/aromatic N) is 1. The molecular weight excluding hydrogens is 140 g/mol. The Morgan fingerprint density at radius 1 is 1.40 bits per heavy atom. The largest absolute Gasteiger partial charge is 0.481 e. The molecule has 0 radical (unpaired) electrons. The molecule has 0 saturated carbocycles. The van der Waals surface area contributed by atoms with Crippen LogP contribution in [0.15, 0.2) is 5.10 Å². The van der Waals surface area contributed by atoms with Crippen molar-refractivity contribution >= 4 is 17.7 Å². The zero-order valence-electron chi connectivity index (χ0n) is 4.94. The van der Waals surface area contributed by atoms with Crippen molar-refractivity contribution in [3.05, 3.63) is 0 Å². The Balaban J connectivity index is 4.12. The predicted molar refractivity (Wildman–Crippen MR) is 31.5 cm³/mol. The van der Waals surface area contributed by atoms with Gasteiger partial charge in [-0.3, -0.25) is 4.79 Å². The highest BCUT2D eigenvalue weighted by Gasteiger charge is 2.12. The Bertz CT molecular complexity index is 186. The Morgan fingerprint density at radius 2 is 1.90 bits per heavy atom. The molecule has 0 aromatic heterocycles. The van der Waals surface area contributed by atoms with Gasteiger partial charge >= 0.3 is 11.9 Å². The van der Waals surface area contributed by atoms with Gasteiger partial charge in [0.2, 0.25) is 0 Å². The maximum absolute atomic E-state index is 9.99. The van der Waals surface area contributed by atoms with Gasteiger partial charge < -0.3 is 16.1 Å². The Labute approximate surface area is 56.0 Å². The Hall–Kier alpha value is -1.59. The molecule has 0 aliphatic carbocycles. The first-order chi connectivity index (χ1) is 4.57. The van der Waals surface area contributed by atoms with Gasteiger partial charge in [0.25, 0.3) is 0 Å². The second-order valence-electron chi connectivity index (χ2n) is 1.45. The van der Waals surface area contributed by atoms with E-state index in [0.717, 1.165) is 0 Å². The highest BCUT2D eigenvalue weighted by molar-refractivity contribution is 6.38. The van der Waals surface area contributed by atoms with Crippen LogP contribution in [0.25, 0.3) is 0 Å². The summed E-state index contributed by atoms with van der Waals surface area (Å²) >= 11 is 0. The average molecular weight is 146 g/mol. The second-order valence-corrected chi connectivity index (χ2v) is 1.45. The van der Waals surface area contributed by atoms with E-state index >= 15 is 0 Å². The average Bonchev–Trinajstić information content (AvgIpc) is 1.81. The highest BCUT2D eigenvalue weighted by atomic mass is 16.4. The van der Waals surface area contributed by atoms with E-state index in [0.29, 0.717) is 0 Å². The van der Waals surface area contributed by atoms with Crippen molar-refractivity contribution < 1.29 is 19.8 Å². The zero-order valence-corrected chi connectivity index (χ0v) is 4.94. The van der Waals surface area contributed by atoms with Gasteiger partial charge in [-0.1, -0.05) is 0 Å². The first kappa shape index (κ1) is 8.41. The van der Waals surface area contributed by atoms with Crippen LogP contribution in [0, 0.1) is 0 Å². The quantitative estimate of drug-likeness (QED) is 0.264. The van der Waals surface area contributed by atoms with Crippen LogP contribution in [0.3, 0.4) is 0 Å². The molecule has 0 fully saturated rings. The van der Waals surface area contributed by atoms with Gasteiger partial charge in [-0.15, -0.1) is 0 Å². The van der Waals surface area contributed by atoms with Gasteiger partial charge in [-0.05, 0) is 0 Å². The molecule has 0 aromatic rings. The van der Waals surface area contributed by atoms with Gasteiger partial charge in [0.05, 0.1) is 6.42 Å². The first-order valence-corrected chi connectivity index (χ1v) is 2.29. The van der Waals surface area contributed by atoms with Crippen molar-refractivity contribution in [3.8, 4) is 0 Å². The summed E-state index contributed by atoms with van der Waals surface area (Å²) in [4.78, 5) is 19.9. The smallest absolute Gasteiger partial charge is 0.352 e. The number of nitrogens with two attached hydrogens (primary N) is 1. The monoisotopic (exact) mass is 146 g/mol. The molecule has 0 aliphatic heterocycles. The van der Waals surface area contributed by atoms with Gasteiger partial charge in [0, 0.05) is 0 Å². The lowest BCUT2D eigenvalue weighted by Gasteiger charge is -1.91. The summed E-state index contributed by atoms with van der Waals surface area (Å²) in [5, 5.41) is 19.0. The lowest BCUT2D eigenvalue weighted by atomic mass is 10.3. The third-order valence-electron chi connectivity index (χ3n) is 0.721. The molecule has 10 heavy (non-hydrogen) atoms. The van der Waals surface area contributed by atoms with E-state index in [2.05, 4.69) is 10.9 Å². The van der Waals surface area contributed by atoms with Crippen LogP contribution in [0.1, 0.15) is 6.42 Å². The molecule has 0 bridgehead atoms. The number of carbonyl (C=O) groups is 2. The summed E-state index contributed by atoms with van der Waals surface area (Å²) in [6.45, 7) is 0. The standard InChI is InChI=1S/C4H6N2O4/c5-6-2(4(9)10)1-3(7)8/h1,5H2,(H,7,8)(H,9,10). The van der Waals surface area contributed by atoms with Crippen molar-refractivity contribution in [2.75, 3.05) is 0 Å². The molecule has 0 spiro atoms. The van der Waals surface area contributed by atoms with Crippen molar-refractivity contribution in [1.29, 1.82) is 0 Å². The fourth-order valence-corrected chi connectivity index (χ4v) is 0.320. The Morgan fingerprint density at radius 3 is 2.00 bits per heavy atom. The fourth-order valence-electron chi connectivity index (χ4n) is 0.320. The highest BCUT2D eigenvalue weighted by Crippen LogP contribution is 1.84. The minimum atomic E-state index is -1.41. The van der Waals surface area contributed by atoms with E-state index in [1.807, 2.05) is 0 Å². The van der Waals surface area contributed by atoms with E-state index < -0.39 is 24.1 Å². The number of rotatable bonds is 3. The van der Waals surface area contributed by atoms with Crippen molar-refractivity contribution in [1.82, 2.24) is 0 Å². The molecule has 0 aromatic carbocycles. The van der Waals surface area contributed by atoms with Gasteiger partial charge in [-0.25, -0.2) is 4.79 Å². The van der Waals surface area contributed by atoms with E-state index in [1.54, 1.807) is 0 Å². The normalized spacial score (nSPS) is 11.0. The van der Waals surface area contributed by atoms with Crippen molar-refractivity contribution in [2.24, 2.45) is 10.9 Å². The number of aliphatic carboxylic acids is 2. The maximum atomic E-state index is 9.99. The minimum Gasteiger partial charge on any atom is -0.481 e. The number of hydrazone groups is 1. The third kappa shape index (κ3) is 2.65. The van der Waals surface area contributed by atoms with E-state index in [1.165, 1.54) is 0 Å². The van der Waals surface area contributed by atoms with Crippen LogP contribution >= 0.6 is 0 Å². The fraction of sp³-hybridized carbons (Fsp3) is 0.250. The first-order valence-electron chi connectivity index (χ1n) is 2.29. The molecule has 4 N–H and O–H groups in total.